The van der Waals surface area contributed by atoms with Crippen molar-refractivity contribution >= 4 is 17.5 Å². The van der Waals surface area contributed by atoms with Crippen LogP contribution in [0.4, 0.5) is 5.69 Å². The summed E-state index contributed by atoms with van der Waals surface area (Å²) in [7, 11) is 3.98. The van der Waals surface area contributed by atoms with E-state index >= 15 is 0 Å². The van der Waals surface area contributed by atoms with Crippen LogP contribution in [-0.4, -0.2) is 48.9 Å². The first kappa shape index (κ1) is 21.6. The number of carbonyl (C=O) groups is 2. The lowest BCUT2D eigenvalue weighted by Crippen LogP contribution is -2.28. The Balaban J connectivity index is 2.10. The van der Waals surface area contributed by atoms with Crippen molar-refractivity contribution in [3.63, 3.8) is 0 Å². The molecule has 1 aromatic carbocycles. The number of hydrogen-bond donors (Lipinski definition) is 2. The van der Waals surface area contributed by atoms with Gasteiger partial charge in [0.25, 0.3) is 11.8 Å². The number of anilines is 1. The summed E-state index contributed by atoms with van der Waals surface area (Å²) in [4.78, 5) is 31.2. The van der Waals surface area contributed by atoms with Gasteiger partial charge >= 0.3 is 0 Å². The van der Waals surface area contributed by atoms with E-state index in [9.17, 15) is 9.59 Å². The number of benzene rings is 1. The fourth-order valence-electron chi connectivity index (χ4n) is 2.91. The molecule has 0 radical (unpaired) electrons. The maximum absolute atomic E-state index is 12.8. The summed E-state index contributed by atoms with van der Waals surface area (Å²) in [6.07, 6.45) is 2.34. The standard InChI is InChI=1S/C22H30N4O2/c1-15(2)18-9-6-8-16(3)20(18)25-21(27)17-10-12-23-19(14-17)22(28)24-11-7-13-26(4)5/h6,8-10,12,14-15H,7,11,13H2,1-5H3,(H,24,28)(H,25,27). The van der Waals surface area contributed by atoms with Crippen molar-refractivity contribution in [2.45, 2.75) is 33.1 Å². The van der Waals surface area contributed by atoms with Gasteiger partial charge in [0.2, 0.25) is 0 Å². The van der Waals surface area contributed by atoms with E-state index in [2.05, 4.69) is 34.4 Å². The molecule has 0 spiro atoms. The second-order valence-electron chi connectivity index (χ2n) is 7.49. The molecule has 28 heavy (non-hydrogen) atoms. The third kappa shape index (κ3) is 5.89. The van der Waals surface area contributed by atoms with E-state index in [0.717, 1.165) is 29.8 Å². The molecule has 0 saturated carbocycles. The number of nitrogens with zero attached hydrogens (tertiary/aromatic N) is 2. The molecule has 2 amide bonds. The van der Waals surface area contributed by atoms with Crippen LogP contribution in [0.15, 0.2) is 36.5 Å². The number of amides is 2. The maximum Gasteiger partial charge on any atom is 0.269 e. The van der Waals surface area contributed by atoms with Gasteiger partial charge in [-0.05, 0) is 63.2 Å². The van der Waals surface area contributed by atoms with Gasteiger partial charge in [-0.1, -0.05) is 32.0 Å². The van der Waals surface area contributed by atoms with Crippen molar-refractivity contribution < 1.29 is 9.59 Å². The molecule has 0 bridgehead atoms. The Morgan fingerprint density at radius 1 is 1.14 bits per heavy atom. The van der Waals surface area contributed by atoms with Crippen LogP contribution in [0.2, 0.25) is 0 Å². The van der Waals surface area contributed by atoms with Gasteiger partial charge in [-0.15, -0.1) is 0 Å². The molecule has 0 atom stereocenters. The van der Waals surface area contributed by atoms with Crippen LogP contribution >= 0.6 is 0 Å². The third-order valence-corrected chi connectivity index (χ3v) is 4.49. The highest BCUT2D eigenvalue weighted by Gasteiger charge is 2.15. The number of carbonyl (C=O) groups excluding carboxylic acids is 2. The summed E-state index contributed by atoms with van der Waals surface area (Å²) in [5, 5.41) is 5.85. The highest BCUT2D eigenvalue weighted by atomic mass is 16.2. The molecule has 0 aliphatic heterocycles. The van der Waals surface area contributed by atoms with E-state index in [1.54, 1.807) is 6.07 Å². The van der Waals surface area contributed by atoms with Gasteiger partial charge in [-0.25, -0.2) is 0 Å². The number of aryl methyl sites for hydroxylation is 1. The molecule has 6 heteroatoms. The first-order valence-electron chi connectivity index (χ1n) is 9.59. The Kier molecular flexibility index (Phi) is 7.70. The first-order valence-corrected chi connectivity index (χ1v) is 9.59. The average Bonchev–Trinajstić information content (AvgIpc) is 2.66. The minimum absolute atomic E-state index is 0.242. The zero-order valence-electron chi connectivity index (χ0n) is 17.4. The lowest BCUT2D eigenvalue weighted by atomic mass is 9.98. The highest BCUT2D eigenvalue weighted by Crippen LogP contribution is 2.27. The number of hydrogen-bond acceptors (Lipinski definition) is 4. The lowest BCUT2D eigenvalue weighted by Gasteiger charge is -2.16. The van der Waals surface area contributed by atoms with E-state index in [1.807, 2.05) is 39.2 Å². The van der Waals surface area contributed by atoms with Gasteiger partial charge in [0, 0.05) is 24.0 Å². The largest absolute Gasteiger partial charge is 0.351 e. The maximum atomic E-state index is 12.8. The van der Waals surface area contributed by atoms with Gasteiger partial charge in [-0.2, -0.15) is 0 Å². The van der Waals surface area contributed by atoms with Crippen molar-refractivity contribution in [3.8, 4) is 0 Å². The smallest absolute Gasteiger partial charge is 0.269 e. The fourth-order valence-corrected chi connectivity index (χ4v) is 2.91. The first-order chi connectivity index (χ1) is 13.3. The fraction of sp³-hybridized carbons (Fsp3) is 0.409. The molecule has 1 aromatic heterocycles. The molecule has 2 aromatic rings. The lowest BCUT2D eigenvalue weighted by molar-refractivity contribution is 0.0947. The molecule has 2 rings (SSSR count). The van der Waals surface area contributed by atoms with Crippen LogP contribution in [0.5, 0.6) is 0 Å². The van der Waals surface area contributed by atoms with Crippen molar-refractivity contribution in [2.75, 3.05) is 32.5 Å². The molecular formula is C22H30N4O2. The quantitative estimate of drug-likeness (QED) is 0.686. The number of para-hydroxylation sites is 1. The summed E-state index contributed by atoms with van der Waals surface area (Å²) in [5.74, 6) is -0.233. The predicted molar refractivity (Wildman–Crippen MR) is 113 cm³/mol. The van der Waals surface area contributed by atoms with Crippen molar-refractivity contribution in [3.05, 3.63) is 58.9 Å². The summed E-state index contributed by atoms with van der Waals surface area (Å²) < 4.78 is 0. The number of aromatic nitrogens is 1. The van der Waals surface area contributed by atoms with Gasteiger partial charge in [0.1, 0.15) is 5.69 Å². The van der Waals surface area contributed by atoms with Gasteiger partial charge in [0.15, 0.2) is 0 Å². The number of pyridine rings is 1. The molecule has 0 aliphatic rings. The minimum atomic E-state index is -0.271. The van der Waals surface area contributed by atoms with E-state index < -0.39 is 0 Å². The van der Waals surface area contributed by atoms with Crippen LogP contribution in [0.25, 0.3) is 0 Å². The highest BCUT2D eigenvalue weighted by molar-refractivity contribution is 6.06. The Morgan fingerprint density at radius 3 is 2.57 bits per heavy atom. The average molecular weight is 383 g/mol. The molecule has 6 nitrogen and oxygen atoms in total. The zero-order valence-corrected chi connectivity index (χ0v) is 17.4. The van der Waals surface area contributed by atoms with Crippen molar-refractivity contribution in [1.82, 2.24) is 15.2 Å². The molecular weight excluding hydrogens is 352 g/mol. The van der Waals surface area contributed by atoms with Crippen LogP contribution < -0.4 is 10.6 Å². The second-order valence-corrected chi connectivity index (χ2v) is 7.49. The van der Waals surface area contributed by atoms with E-state index in [0.29, 0.717) is 12.1 Å². The molecule has 1 heterocycles. The SMILES string of the molecule is Cc1cccc(C(C)C)c1NC(=O)c1ccnc(C(=O)NCCCN(C)C)c1. The van der Waals surface area contributed by atoms with Crippen LogP contribution in [-0.2, 0) is 0 Å². The van der Waals surface area contributed by atoms with Gasteiger partial charge in [0.05, 0.1) is 0 Å². The normalized spacial score (nSPS) is 11.0. The molecule has 150 valence electrons. The Labute approximate surface area is 167 Å². The number of nitrogens with one attached hydrogen (secondary N) is 2. The van der Waals surface area contributed by atoms with Crippen LogP contribution in [0, 0.1) is 6.92 Å². The molecule has 0 saturated heterocycles. The minimum Gasteiger partial charge on any atom is -0.351 e. The molecule has 0 fully saturated rings. The summed E-state index contributed by atoms with van der Waals surface area (Å²) in [5.41, 5.74) is 3.57. The monoisotopic (exact) mass is 382 g/mol. The van der Waals surface area contributed by atoms with E-state index in [4.69, 9.17) is 0 Å². The van der Waals surface area contributed by atoms with Crippen LogP contribution in [0.1, 0.15) is 58.2 Å². The summed E-state index contributed by atoms with van der Waals surface area (Å²) in [6.45, 7) is 7.62. The van der Waals surface area contributed by atoms with Crippen molar-refractivity contribution in [1.29, 1.82) is 0 Å². The van der Waals surface area contributed by atoms with E-state index in [1.165, 1.54) is 12.3 Å². The van der Waals surface area contributed by atoms with Gasteiger partial charge < -0.3 is 15.5 Å². The summed E-state index contributed by atoms with van der Waals surface area (Å²) in [6, 6.07) is 9.13. The third-order valence-electron chi connectivity index (χ3n) is 4.49. The summed E-state index contributed by atoms with van der Waals surface area (Å²) >= 11 is 0. The van der Waals surface area contributed by atoms with Gasteiger partial charge in [-0.3, -0.25) is 14.6 Å². The predicted octanol–water partition coefficient (Wildman–Crippen LogP) is 3.45. The molecule has 0 aliphatic carbocycles. The van der Waals surface area contributed by atoms with Crippen molar-refractivity contribution in [2.24, 2.45) is 0 Å². The number of rotatable bonds is 8. The molecule has 0 unspecified atom stereocenters. The van der Waals surface area contributed by atoms with E-state index in [-0.39, 0.29) is 23.4 Å². The second kappa shape index (κ2) is 9.99. The Morgan fingerprint density at radius 2 is 1.89 bits per heavy atom. The van der Waals surface area contributed by atoms with Crippen LogP contribution in [0.3, 0.4) is 0 Å². The molecule has 2 N–H and O–H groups in total. The Bertz CT molecular complexity index is 831. The topological polar surface area (TPSA) is 74.3 Å². The Hall–Kier alpha value is -2.73. The zero-order chi connectivity index (χ0) is 20.7.